The molecule has 1 aromatic heterocycles. The van der Waals surface area contributed by atoms with Crippen molar-refractivity contribution in [2.24, 2.45) is 5.73 Å². The Hall–Kier alpha value is -4.79. The number of hydrogen-bond acceptors (Lipinski definition) is 6. The Morgan fingerprint density at radius 2 is 1.72 bits per heavy atom. The van der Waals surface area contributed by atoms with Crippen molar-refractivity contribution in [1.82, 2.24) is 5.16 Å². The van der Waals surface area contributed by atoms with Gasteiger partial charge in [0.1, 0.15) is 34.9 Å². The molecule has 1 heterocycles. The van der Waals surface area contributed by atoms with Crippen LogP contribution in [0.5, 0.6) is 0 Å². The first-order valence-electron chi connectivity index (χ1n) is 12.3. The summed E-state index contributed by atoms with van der Waals surface area (Å²) in [5.41, 5.74) is 10.9. The number of carbonyl (C=O) groups is 2. The number of amidine groups is 1. The van der Waals surface area contributed by atoms with Crippen LogP contribution < -0.4 is 11.1 Å². The number of amides is 1. The summed E-state index contributed by atoms with van der Waals surface area (Å²) in [6.07, 6.45) is -1.56. The highest BCUT2D eigenvalue weighted by Crippen LogP contribution is 2.35. The first-order valence-corrected chi connectivity index (χ1v) is 12.3. The van der Waals surface area contributed by atoms with E-state index in [1.165, 1.54) is 13.0 Å². The van der Waals surface area contributed by atoms with Gasteiger partial charge in [0.25, 0.3) is 0 Å². The average molecular weight is 529 g/mol. The van der Waals surface area contributed by atoms with Crippen LogP contribution in [-0.2, 0) is 9.53 Å². The molecule has 2 atom stereocenters. The number of nitrogens with zero attached hydrogens (tertiary/aromatic N) is 1. The van der Waals surface area contributed by atoms with E-state index >= 15 is 0 Å². The lowest BCUT2D eigenvalue weighted by molar-refractivity contribution is -0.117. The molecule has 0 bridgehead atoms. The molecule has 3 aromatic carbocycles. The maximum absolute atomic E-state index is 14.1. The molecule has 4 rings (SSSR count). The van der Waals surface area contributed by atoms with Crippen LogP contribution >= 0.6 is 0 Å². The van der Waals surface area contributed by atoms with Crippen LogP contribution in [0.3, 0.4) is 0 Å². The van der Waals surface area contributed by atoms with Crippen molar-refractivity contribution < 1.29 is 23.2 Å². The van der Waals surface area contributed by atoms with Crippen LogP contribution in [0.25, 0.3) is 22.5 Å². The molecule has 0 radical (unpaired) electrons. The Kier molecular flexibility index (Phi) is 7.90. The second-order valence-electron chi connectivity index (χ2n) is 9.32. The van der Waals surface area contributed by atoms with Gasteiger partial charge in [0, 0.05) is 11.1 Å². The smallest absolute Gasteiger partial charge is 0.412 e. The second kappa shape index (κ2) is 11.3. The molecule has 39 heavy (non-hydrogen) atoms. The van der Waals surface area contributed by atoms with Crippen molar-refractivity contribution in [3.05, 3.63) is 94.9 Å². The van der Waals surface area contributed by atoms with Crippen molar-refractivity contribution in [3.63, 3.8) is 0 Å². The van der Waals surface area contributed by atoms with Crippen molar-refractivity contribution >= 4 is 23.4 Å². The van der Waals surface area contributed by atoms with Gasteiger partial charge in [0.2, 0.25) is 0 Å². The average Bonchev–Trinajstić information content (AvgIpc) is 3.24. The van der Waals surface area contributed by atoms with Crippen molar-refractivity contribution in [2.75, 3.05) is 5.32 Å². The number of aromatic nitrogens is 1. The lowest BCUT2D eigenvalue weighted by Gasteiger charge is -2.15. The zero-order valence-corrected chi connectivity index (χ0v) is 22.0. The van der Waals surface area contributed by atoms with E-state index in [1.807, 2.05) is 37.3 Å². The fourth-order valence-electron chi connectivity index (χ4n) is 4.49. The van der Waals surface area contributed by atoms with Crippen molar-refractivity contribution in [1.29, 1.82) is 5.41 Å². The molecule has 0 aliphatic carbocycles. The Bertz CT molecular complexity index is 1530. The van der Waals surface area contributed by atoms with Gasteiger partial charge < -0.3 is 15.0 Å². The molecule has 8 nitrogen and oxygen atoms in total. The second-order valence-corrected chi connectivity index (χ2v) is 9.32. The fraction of sp³-hybridized carbons (Fsp3) is 0.200. The number of carbonyl (C=O) groups excluding carboxylic acids is 2. The summed E-state index contributed by atoms with van der Waals surface area (Å²) >= 11 is 0. The van der Waals surface area contributed by atoms with Crippen LogP contribution in [0.1, 0.15) is 48.3 Å². The third kappa shape index (κ3) is 5.87. The van der Waals surface area contributed by atoms with Gasteiger partial charge in [-0.05, 0) is 62.1 Å². The van der Waals surface area contributed by atoms with Crippen molar-refractivity contribution in [3.8, 4) is 22.5 Å². The summed E-state index contributed by atoms with van der Waals surface area (Å²) < 4.78 is 25.0. The summed E-state index contributed by atoms with van der Waals surface area (Å²) in [6, 6.07) is 19.2. The highest BCUT2D eigenvalue weighted by atomic mass is 19.1. The van der Waals surface area contributed by atoms with Gasteiger partial charge in [-0.1, -0.05) is 59.8 Å². The topological polar surface area (TPSA) is 131 Å². The fourth-order valence-corrected chi connectivity index (χ4v) is 4.49. The van der Waals surface area contributed by atoms with E-state index in [0.717, 1.165) is 16.7 Å². The van der Waals surface area contributed by atoms with Gasteiger partial charge in [0.05, 0.1) is 5.92 Å². The number of nitrogens with two attached hydrogens (primary N) is 1. The lowest BCUT2D eigenvalue weighted by atomic mass is 9.91. The molecule has 200 valence electrons. The number of Topliss-reactive ketones (excluding diaryl/α,β-unsaturated/α-hetero) is 1. The van der Waals surface area contributed by atoms with E-state index in [9.17, 15) is 14.0 Å². The van der Waals surface area contributed by atoms with E-state index in [-0.39, 0.29) is 17.2 Å². The first-order chi connectivity index (χ1) is 18.6. The molecule has 1 amide bonds. The summed E-state index contributed by atoms with van der Waals surface area (Å²) in [5.74, 6) is -1.23. The lowest BCUT2D eigenvalue weighted by Crippen LogP contribution is -2.26. The molecule has 0 saturated heterocycles. The SMILES string of the molecule is CC(=O)C(C(=N)N)c1ccc(-c2ccc(-c3onc(C)c3NC(=O)O[C@H](C)c3ccccc3F)cc2C)cc1. The molecule has 4 aromatic rings. The number of anilines is 1. The molecule has 0 spiro atoms. The van der Waals surface area contributed by atoms with Gasteiger partial charge >= 0.3 is 6.09 Å². The quantitative estimate of drug-likeness (QED) is 0.173. The molecule has 9 heteroatoms. The molecule has 0 saturated carbocycles. The number of rotatable bonds is 8. The Morgan fingerprint density at radius 1 is 1.05 bits per heavy atom. The minimum Gasteiger partial charge on any atom is -0.441 e. The first kappa shape index (κ1) is 27.3. The number of nitrogens with one attached hydrogen (secondary N) is 2. The predicted molar refractivity (Wildman–Crippen MR) is 147 cm³/mol. The van der Waals surface area contributed by atoms with Crippen LogP contribution in [-0.4, -0.2) is 22.9 Å². The Labute approximate surface area is 225 Å². The van der Waals surface area contributed by atoms with Crippen LogP contribution in [0.15, 0.2) is 71.3 Å². The molecular formula is C30H29FN4O4. The Morgan fingerprint density at radius 3 is 2.33 bits per heavy atom. The van der Waals surface area contributed by atoms with Crippen molar-refractivity contribution in [2.45, 2.75) is 39.7 Å². The normalized spacial score (nSPS) is 12.4. The summed E-state index contributed by atoms with van der Waals surface area (Å²) in [4.78, 5) is 24.5. The van der Waals surface area contributed by atoms with Crippen LogP contribution in [0, 0.1) is 25.1 Å². The summed E-state index contributed by atoms with van der Waals surface area (Å²) in [5, 5.41) is 14.4. The number of ketones is 1. The van der Waals surface area contributed by atoms with E-state index in [4.69, 9.17) is 20.4 Å². The monoisotopic (exact) mass is 528 g/mol. The third-order valence-corrected chi connectivity index (χ3v) is 6.48. The van der Waals surface area contributed by atoms with Crippen LogP contribution in [0.2, 0.25) is 0 Å². The predicted octanol–water partition coefficient (Wildman–Crippen LogP) is 6.68. The van der Waals surface area contributed by atoms with Gasteiger partial charge in [0.15, 0.2) is 5.76 Å². The van der Waals surface area contributed by atoms with E-state index in [0.29, 0.717) is 28.3 Å². The zero-order valence-electron chi connectivity index (χ0n) is 22.0. The minimum absolute atomic E-state index is 0.187. The van der Waals surface area contributed by atoms with Gasteiger partial charge in [-0.2, -0.15) is 0 Å². The van der Waals surface area contributed by atoms with Gasteiger partial charge in [-0.15, -0.1) is 0 Å². The van der Waals surface area contributed by atoms with E-state index in [2.05, 4.69) is 10.5 Å². The molecule has 0 aliphatic heterocycles. The van der Waals surface area contributed by atoms with Gasteiger partial charge in [-0.25, -0.2) is 9.18 Å². The number of benzene rings is 3. The highest BCUT2D eigenvalue weighted by Gasteiger charge is 2.22. The number of hydrogen-bond donors (Lipinski definition) is 3. The molecule has 0 fully saturated rings. The molecule has 1 unspecified atom stereocenters. The summed E-state index contributed by atoms with van der Waals surface area (Å²) in [6.45, 7) is 6.65. The number of aryl methyl sites for hydroxylation is 2. The highest BCUT2D eigenvalue weighted by molar-refractivity contribution is 6.06. The maximum atomic E-state index is 14.1. The van der Waals surface area contributed by atoms with Crippen LogP contribution in [0.4, 0.5) is 14.9 Å². The molecular weight excluding hydrogens is 499 g/mol. The molecule has 4 N–H and O–H groups in total. The standard InChI is InChI=1S/C30H29FN4O4/c1-16-15-22(13-14-23(16)20-9-11-21(12-10-20)26(18(3)36)29(32)33)28-27(17(2)35-39-28)34-30(37)38-19(4)24-7-5-6-8-25(24)31/h5-15,19,26H,1-4H3,(H3,32,33)(H,34,37)/t19-,26?/m1/s1. The minimum atomic E-state index is -0.802. The third-order valence-electron chi connectivity index (χ3n) is 6.48. The van der Waals surface area contributed by atoms with E-state index < -0.39 is 23.9 Å². The van der Waals surface area contributed by atoms with E-state index in [1.54, 1.807) is 44.2 Å². The number of halogens is 1. The number of ether oxygens (including phenoxy) is 1. The maximum Gasteiger partial charge on any atom is 0.412 e. The zero-order chi connectivity index (χ0) is 28.3. The van der Waals surface area contributed by atoms with Gasteiger partial charge in [-0.3, -0.25) is 15.5 Å². The Balaban J connectivity index is 1.54. The largest absolute Gasteiger partial charge is 0.441 e. The molecule has 0 aliphatic rings. The summed E-state index contributed by atoms with van der Waals surface area (Å²) in [7, 11) is 0.